The molecule has 0 bridgehead atoms. The number of likely N-dealkylation sites (tertiary alicyclic amines) is 1. The lowest BCUT2D eigenvalue weighted by Crippen LogP contribution is -2.58. The lowest BCUT2D eigenvalue weighted by atomic mass is 9.95. The minimum Gasteiger partial charge on any atom is -0.496 e. The fourth-order valence-electron chi connectivity index (χ4n) is 6.38. The van der Waals surface area contributed by atoms with Gasteiger partial charge in [0.2, 0.25) is 15.9 Å². The number of carboxylic acids is 1. The molecule has 0 unspecified atom stereocenters. The Hall–Kier alpha value is -4.51. The number of aliphatic carboxylic acids is 1. The Labute approximate surface area is 319 Å². The van der Waals surface area contributed by atoms with Crippen molar-refractivity contribution in [2.45, 2.75) is 73.7 Å². The van der Waals surface area contributed by atoms with Crippen LogP contribution in [-0.4, -0.2) is 74.9 Å². The normalized spacial score (nSPS) is 16.3. The van der Waals surface area contributed by atoms with Crippen LogP contribution in [0.15, 0.2) is 83.8 Å². The monoisotopic (exact) mass is 811 g/mol. The third-order valence-corrected chi connectivity index (χ3v) is 11.1. The SMILES string of the molecule is COc1cc(C(F)(F)[C@@H](NS(=O)(=O)c2ccc3cc(OC4CCCC4)ccc3c2)C(=O)N2CCC(N)CC2)ccc1-c1ccc(Cl)cc1.O=C(O)C(F)(F)F. The molecule has 17 heteroatoms. The van der Waals surface area contributed by atoms with Crippen LogP contribution in [0, 0.1) is 0 Å². The van der Waals surface area contributed by atoms with E-state index in [0.717, 1.165) is 37.1 Å². The van der Waals surface area contributed by atoms with Crippen LogP contribution in [0.25, 0.3) is 21.9 Å². The number of alkyl halides is 5. The number of nitrogens with two attached hydrogens (primary N) is 1. The van der Waals surface area contributed by atoms with E-state index in [1.807, 2.05) is 6.07 Å². The van der Waals surface area contributed by atoms with Gasteiger partial charge in [-0.05, 0) is 97.3 Å². The second-order valence-corrected chi connectivity index (χ2v) is 15.4. The summed E-state index contributed by atoms with van der Waals surface area (Å²) in [6.45, 7) is 0.267. The van der Waals surface area contributed by atoms with Crippen molar-refractivity contribution in [3.8, 4) is 22.6 Å². The van der Waals surface area contributed by atoms with Crippen molar-refractivity contribution in [2.24, 2.45) is 5.73 Å². The summed E-state index contributed by atoms with van der Waals surface area (Å²) < 4.78 is 106. The van der Waals surface area contributed by atoms with Crippen LogP contribution in [0.5, 0.6) is 11.5 Å². The second kappa shape index (κ2) is 17.1. The zero-order valence-corrected chi connectivity index (χ0v) is 31.1. The second-order valence-electron chi connectivity index (χ2n) is 13.3. The van der Waals surface area contributed by atoms with Crippen molar-refractivity contribution in [2.75, 3.05) is 20.2 Å². The molecular weight excluding hydrogens is 773 g/mol. The minimum absolute atomic E-state index is 0.123. The molecule has 296 valence electrons. The van der Waals surface area contributed by atoms with E-state index in [1.165, 1.54) is 36.3 Å². The number of nitrogens with zero attached hydrogens (tertiary/aromatic N) is 1. The highest BCUT2D eigenvalue weighted by molar-refractivity contribution is 7.89. The average Bonchev–Trinajstić information content (AvgIpc) is 3.66. The van der Waals surface area contributed by atoms with Gasteiger partial charge in [-0.3, -0.25) is 4.79 Å². The zero-order valence-electron chi connectivity index (χ0n) is 29.5. The average molecular weight is 812 g/mol. The van der Waals surface area contributed by atoms with Crippen molar-refractivity contribution in [1.82, 2.24) is 9.62 Å². The summed E-state index contributed by atoms with van der Waals surface area (Å²) in [6, 6.07) is 17.6. The highest BCUT2D eigenvalue weighted by Gasteiger charge is 2.50. The number of rotatable bonds is 10. The smallest absolute Gasteiger partial charge is 0.490 e. The molecule has 1 saturated heterocycles. The molecule has 4 N–H and O–H groups in total. The van der Waals surface area contributed by atoms with Gasteiger partial charge in [-0.25, -0.2) is 13.2 Å². The van der Waals surface area contributed by atoms with Gasteiger partial charge < -0.3 is 25.2 Å². The van der Waals surface area contributed by atoms with Crippen molar-refractivity contribution in [1.29, 1.82) is 0 Å². The summed E-state index contributed by atoms with van der Waals surface area (Å²) in [5, 5.41) is 8.96. The van der Waals surface area contributed by atoms with Crippen molar-refractivity contribution < 1.29 is 54.5 Å². The summed E-state index contributed by atoms with van der Waals surface area (Å²) >= 11 is 6.02. The number of hydrogen-bond donors (Lipinski definition) is 3. The molecule has 1 heterocycles. The van der Waals surface area contributed by atoms with Gasteiger partial charge in [0.15, 0.2) is 6.04 Å². The third kappa shape index (κ3) is 10.2. The molecule has 2 fully saturated rings. The van der Waals surface area contributed by atoms with E-state index >= 15 is 8.78 Å². The lowest BCUT2D eigenvalue weighted by Gasteiger charge is -2.35. The molecule has 1 saturated carbocycles. The number of sulfonamides is 1. The molecule has 6 rings (SSSR count). The van der Waals surface area contributed by atoms with Gasteiger partial charge >= 0.3 is 12.1 Å². The molecule has 1 amide bonds. The van der Waals surface area contributed by atoms with E-state index in [2.05, 4.69) is 4.72 Å². The fraction of sp³-hybridized carbons (Fsp3) is 0.368. The fourth-order valence-corrected chi connectivity index (χ4v) is 7.73. The maximum absolute atomic E-state index is 16.6. The van der Waals surface area contributed by atoms with Crippen LogP contribution in [0.2, 0.25) is 5.02 Å². The quantitative estimate of drug-likeness (QED) is 0.140. The van der Waals surface area contributed by atoms with Crippen LogP contribution >= 0.6 is 11.6 Å². The Balaban J connectivity index is 0.000000757. The molecule has 4 aromatic carbocycles. The summed E-state index contributed by atoms with van der Waals surface area (Å²) in [6.07, 6.45) is 0.149. The lowest BCUT2D eigenvalue weighted by molar-refractivity contribution is -0.192. The van der Waals surface area contributed by atoms with E-state index in [-0.39, 0.29) is 35.9 Å². The number of halogens is 6. The number of fused-ring (bicyclic) bond motifs is 1. The summed E-state index contributed by atoms with van der Waals surface area (Å²) in [7, 11) is -3.26. The van der Waals surface area contributed by atoms with Gasteiger partial charge in [0.25, 0.3) is 5.92 Å². The number of hydrogen-bond acceptors (Lipinski definition) is 7. The molecule has 1 atom stereocenters. The highest BCUT2D eigenvalue weighted by atomic mass is 35.5. The van der Waals surface area contributed by atoms with Gasteiger partial charge in [-0.1, -0.05) is 48.0 Å². The Kier molecular flexibility index (Phi) is 12.9. The standard InChI is InChI=1S/C36H38ClF2N3O5S.C2HF3O2/c1-46-33-22-26(10-15-32(33)23-6-11-27(37)12-7-23)36(38,39)34(35(43)42-18-16-28(40)17-19-42)41-48(44,45)31-14-9-24-20-30(13-8-25(24)21-31)47-29-4-2-3-5-29;3-2(4,5)1(6)7/h6-15,20-22,28-29,34,41H,2-5,16-19,40H2,1H3;(H,6,7)/t34-;/m0./s1. The molecule has 0 aromatic heterocycles. The van der Waals surface area contributed by atoms with Crippen molar-refractivity contribution in [3.63, 3.8) is 0 Å². The first-order valence-electron chi connectivity index (χ1n) is 17.3. The summed E-state index contributed by atoms with van der Waals surface area (Å²) in [5.74, 6) is -6.96. The van der Waals surface area contributed by atoms with Crippen LogP contribution in [0.1, 0.15) is 44.1 Å². The Bertz CT molecular complexity index is 2110. The maximum Gasteiger partial charge on any atom is 0.490 e. The van der Waals surface area contributed by atoms with Crippen LogP contribution in [-0.2, 0) is 25.5 Å². The number of carboxylic acid groups (broad SMARTS) is 1. The van der Waals surface area contributed by atoms with E-state index in [9.17, 15) is 26.4 Å². The third-order valence-electron chi connectivity index (χ3n) is 9.42. The molecule has 2 aliphatic rings. The van der Waals surface area contributed by atoms with Gasteiger partial charge in [0, 0.05) is 35.3 Å². The summed E-state index contributed by atoms with van der Waals surface area (Å²) in [5.41, 5.74) is 6.62. The molecule has 0 radical (unpaired) electrons. The number of carbonyl (C=O) groups is 2. The number of carbonyl (C=O) groups excluding carboxylic acids is 1. The Morgan fingerprint density at radius 3 is 2.09 bits per heavy atom. The number of nitrogens with one attached hydrogen (secondary N) is 1. The molecule has 0 spiro atoms. The predicted molar refractivity (Wildman–Crippen MR) is 196 cm³/mol. The van der Waals surface area contributed by atoms with Gasteiger partial charge in [0.05, 0.1) is 18.1 Å². The van der Waals surface area contributed by atoms with E-state index in [0.29, 0.717) is 40.1 Å². The summed E-state index contributed by atoms with van der Waals surface area (Å²) in [4.78, 5) is 23.7. The van der Waals surface area contributed by atoms with Crippen LogP contribution in [0.3, 0.4) is 0 Å². The number of ether oxygens (including phenoxy) is 2. The van der Waals surface area contributed by atoms with Gasteiger partial charge in [-0.15, -0.1) is 0 Å². The van der Waals surface area contributed by atoms with Crippen LogP contribution < -0.4 is 19.9 Å². The Morgan fingerprint density at radius 1 is 0.891 bits per heavy atom. The molecule has 1 aliphatic heterocycles. The molecule has 10 nitrogen and oxygen atoms in total. The molecule has 55 heavy (non-hydrogen) atoms. The van der Waals surface area contributed by atoms with Crippen LogP contribution in [0.4, 0.5) is 22.0 Å². The number of piperidine rings is 1. The Morgan fingerprint density at radius 2 is 1.49 bits per heavy atom. The van der Waals surface area contributed by atoms with Gasteiger partial charge in [0.1, 0.15) is 11.5 Å². The number of methoxy groups -OCH3 is 1. The number of benzene rings is 4. The molecule has 4 aromatic rings. The van der Waals surface area contributed by atoms with E-state index < -0.39 is 45.6 Å². The van der Waals surface area contributed by atoms with E-state index in [4.69, 9.17) is 36.7 Å². The molecule has 1 aliphatic carbocycles. The molecular formula is C38H39ClF5N3O7S. The first kappa shape index (κ1) is 41.6. The number of amides is 1. The predicted octanol–water partition coefficient (Wildman–Crippen LogP) is 7.51. The first-order valence-corrected chi connectivity index (χ1v) is 19.1. The first-order chi connectivity index (χ1) is 25.9. The van der Waals surface area contributed by atoms with Crippen molar-refractivity contribution >= 4 is 44.3 Å². The van der Waals surface area contributed by atoms with Gasteiger partial charge in [-0.2, -0.15) is 26.7 Å². The van der Waals surface area contributed by atoms with E-state index in [1.54, 1.807) is 42.5 Å². The topological polar surface area (TPSA) is 148 Å². The van der Waals surface area contributed by atoms with Crippen molar-refractivity contribution in [3.05, 3.63) is 89.4 Å². The zero-order chi connectivity index (χ0) is 40.1. The minimum atomic E-state index is -5.08. The largest absolute Gasteiger partial charge is 0.496 e. The highest BCUT2D eigenvalue weighted by Crippen LogP contribution is 2.40. The maximum atomic E-state index is 16.6.